The molecule has 0 radical (unpaired) electrons. The number of halogens is 6. The summed E-state index contributed by atoms with van der Waals surface area (Å²) in [6.07, 6.45) is -8.44. The number of nitrogens with zero attached hydrogens (tertiary/aromatic N) is 2. The fourth-order valence-electron chi connectivity index (χ4n) is 4.26. The van der Waals surface area contributed by atoms with E-state index in [1.165, 1.54) is 6.07 Å². The molecule has 0 bridgehead atoms. The molecule has 2 amide bonds. The number of amides is 2. The molecular formula is C28H25F6N3O3. The maximum Gasteiger partial charge on any atom is 0.416 e. The van der Waals surface area contributed by atoms with E-state index in [-0.39, 0.29) is 41.9 Å². The lowest BCUT2D eigenvalue weighted by Gasteiger charge is -2.22. The van der Waals surface area contributed by atoms with Crippen molar-refractivity contribution in [3.8, 4) is 17.0 Å². The second-order valence-electron chi connectivity index (χ2n) is 9.20. The van der Waals surface area contributed by atoms with Gasteiger partial charge >= 0.3 is 12.4 Å². The smallest absolute Gasteiger partial charge is 0.416 e. The van der Waals surface area contributed by atoms with Gasteiger partial charge in [0.2, 0.25) is 5.88 Å². The monoisotopic (exact) mass is 565 g/mol. The molecule has 40 heavy (non-hydrogen) atoms. The number of carbonyl (C=O) groups is 2. The Bertz CT molecular complexity index is 1360. The second-order valence-corrected chi connectivity index (χ2v) is 9.20. The fraction of sp³-hybridized carbons (Fsp3) is 0.321. The van der Waals surface area contributed by atoms with Gasteiger partial charge in [0.15, 0.2) is 0 Å². The summed E-state index contributed by atoms with van der Waals surface area (Å²) in [5.41, 5.74) is -2.49. The topological polar surface area (TPSA) is 71.5 Å². The molecule has 12 heteroatoms. The average molecular weight is 566 g/mol. The molecule has 0 fully saturated rings. The lowest BCUT2D eigenvalue weighted by molar-refractivity contribution is -0.143. The van der Waals surface area contributed by atoms with Crippen LogP contribution in [0.15, 0.2) is 54.6 Å². The van der Waals surface area contributed by atoms with Crippen molar-refractivity contribution in [3.05, 3.63) is 82.5 Å². The van der Waals surface area contributed by atoms with E-state index < -0.39 is 41.8 Å². The first-order valence-electron chi connectivity index (χ1n) is 12.5. The van der Waals surface area contributed by atoms with Gasteiger partial charge in [-0.3, -0.25) is 9.59 Å². The van der Waals surface area contributed by atoms with Gasteiger partial charge in [-0.2, -0.15) is 26.3 Å². The predicted molar refractivity (Wildman–Crippen MR) is 134 cm³/mol. The largest absolute Gasteiger partial charge is 0.475 e. The van der Waals surface area contributed by atoms with Crippen molar-refractivity contribution in [1.29, 1.82) is 0 Å². The summed E-state index contributed by atoms with van der Waals surface area (Å²) in [6, 6.07) is 11.2. The normalized spacial score (nSPS) is 13.9. The van der Waals surface area contributed by atoms with E-state index in [1.54, 1.807) is 30.3 Å². The van der Waals surface area contributed by atoms with Crippen LogP contribution < -0.4 is 10.1 Å². The summed E-state index contributed by atoms with van der Waals surface area (Å²) in [4.78, 5) is 31.9. The van der Waals surface area contributed by atoms with E-state index in [0.717, 1.165) is 17.7 Å². The second kappa shape index (κ2) is 11.6. The van der Waals surface area contributed by atoms with Gasteiger partial charge in [0.25, 0.3) is 11.8 Å². The molecule has 0 aliphatic carbocycles. The van der Waals surface area contributed by atoms with Gasteiger partial charge in [-0.15, -0.1) is 0 Å². The third-order valence-electron chi connectivity index (χ3n) is 6.24. The molecule has 1 aromatic heterocycles. The van der Waals surface area contributed by atoms with Gasteiger partial charge < -0.3 is 15.0 Å². The van der Waals surface area contributed by atoms with Crippen molar-refractivity contribution in [1.82, 2.24) is 15.2 Å². The number of unbranched alkanes of at least 4 members (excludes halogenated alkanes) is 1. The minimum Gasteiger partial charge on any atom is -0.475 e. The Balaban J connectivity index is 1.76. The SMILES string of the molecule is CCCCNC(=O)c1cc(-c2ccccc2)c2c(n1)OCCN(Cc1cc(C(F)(F)F)cc(C(F)(F)F)c1)C2=O. The number of alkyl halides is 6. The number of rotatable bonds is 7. The molecule has 212 valence electrons. The van der Waals surface area contributed by atoms with Gasteiger partial charge in [0.05, 0.1) is 17.7 Å². The van der Waals surface area contributed by atoms with Gasteiger partial charge in [0, 0.05) is 18.7 Å². The van der Waals surface area contributed by atoms with Gasteiger partial charge in [0.1, 0.15) is 17.9 Å². The Kier molecular flexibility index (Phi) is 8.36. The predicted octanol–water partition coefficient (Wildman–Crippen LogP) is 6.35. The quantitative estimate of drug-likeness (QED) is 0.268. The Morgan fingerprint density at radius 3 is 2.25 bits per heavy atom. The number of ether oxygens (including phenoxy) is 1. The minimum absolute atomic E-state index is 0.00246. The molecule has 3 aromatic rings. The number of aromatic nitrogens is 1. The van der Waals surface area contributed by atoms with E-state index in [9.17, 15) is 35.9 Å². The molecule has 2 aromatic carbocycles. The van der Waals surface area contributed by atoms with Gasteiger partial charge in [-0.25, -0.2) is 4.98 Å². The summed E-state index contributed by atoms with van der Waals surface area (Å²) in [5, 5.41) is 2.75. The number of carbonyl (C=O) groups excluding carboxylic acids is 2. The third kappa shape index (κ3) is 6.54. The van der Waals surface area contributed by atoms with E-state index in [0.29, 0.717) is 29.8 Å². The highest BCUT2D eigenvalue weighted by Gasteiger charge is 2.37. The number of hydrogen-bond acceptors (Lipinski definition) is 4. The maximum atomic E-state index is 13.8. The Hall–Kier alpha value is -4.09. The van der Waals surface area contributed by atoms with Crippen molar-refractivity contribution >= 4 is 11.8 Å². The Labute approximate surface area is 226 Å². The Morgan fingerprint density at radius 2 is 1.65 bits per heavy atom. The number of nitrogens with one attached hydrogen (secondary N) is 1. The van der Waals surface area contributed by atoms with Crippen LogP contribution in [0.2, 0.25) is 0 Å². The van der Waals surface area contributed by atoms with Crippen molar-refractivity contribution in [3.63, 3.8) is 0 Å². The first kappa shape index (κ1) is 28.9. The highest BCUT2D eigenvalue weighted by atomic mass is 19.4. The molecular weight excluding hydrogens is 540 g/mol. The number of hydrogen-bond donors (Lipinski definition) is 1. The van der Waals surface area contributed by atoms with Crippen molar-refractivity contribution in [2.75, 3.05) is 19.7 Å². The number of fused-ring (bicyclic) bond motifs is 1. The van der Waals surface area contributed by atoms with Gasteiger partial charge in [-0.05, 0) is 41.8 Å². The molecule has 1 aliphatic rings. The van der Waals surface area contributed by atoms with Crippen LogP contribution in [0.3, 0.4) is 0 Å². The fourth-order valence-corrected chi connectivity index (χ4v) is 4.26. The van der Waals surface area contributed by atoms with Crippen LogP contribution in [0, 0.1) is 0 Å². The summed E-state index contributed by atoms with van der Waals surface area (Å²) >= 11 is 0. The van der Waals surface area contributed by atoms with Crippen molar-refractivity contribution in [2.45, 2.75) is 38.7 Å². The molecule has 6 nitrogen and oxygen atoms in total. The first-order valence-corrected chi connectivity index (χ1v) is 12.5. The average Bonchev–Trinajstić information content (AvgIpc) is 3.06. The molecule has 4 rings (SSSR count). The third-order valence-corrected chi connectivity index (χ3v) is 6.24. The summed E-state index contributed by atoms with van der Waals surface area (Å²) in [7, 11) is 0. The van der Waals surface area contributed by atoms with Gasteiger partial charge in [-0.1, -0.05) is 43.7 Å². The standard InChI is InChI=1S/C28H25F6N3O3/c1-2-3-9-35-24(38)22-15-21(18-7-5-4-6-8-18)23-25(36-22)40-11-10-37(26(23)39)16-17-12-19(27(29,30)31)14-20(13-17)28(32,33)34/h4-8,12-15H,2-3,9-11,16H2,1H3,(H,35,38). The van der Waals surface area contributed by atoms with Crippen molar-refractivity contribution < 1.29 is 40.7 Å². The number of pyridine rings is 1. The van der Waals surface area contributed by atoms with E-state index in [1.807, 2.05) is 6.92 Å². The molecule has 0 atom stereocenters. The van der Waals surface area contributed by atoms with Crippen LogP contribution in [-0.2, 0) is 18.9 Å². The molecule has 0 saturated carbocycles. The molecule has 0 saturated heterocycles. The van der Waals surface area contributed by atoms with Crippen LogP contribution >= 0.6 is 0 Å². The van der Waals surface area contributed by atoms with E-state index in [4.69, 9.17) is 4.74 Å². The van der Waals surface area contributed by atoms with Crippen LogP contribution in [0.5, 0.6) is 5.88 Å². The van der Waals surface area contributed by atoms with E-state index in [2.05, 4.69) is 10.3 Å². The maximum absolute atomic E-state index is 13.8. The number of benzene rings is 2. The zero-order valence-corrected chi connectivity index (χ0v) is 21.3. The highest BCUT2D eigenvalue weighted by Crippen LogP contribution is 2.38. The molecule has 2 heterocycles. The lowest BCUT2D eigenvalue weighted by atomic mass is 9.98. The molecule has 0 spiro atoms. The minimum atomic E-state index is -5.02. The van der Waals surface area contributed by atoms with Crippen LogP contribution in [0.25, 0.3) is 11.1 Å². The summed E-state index contributed by atoms with van der Waals surface area (Å²) in [5.74, 6) is -1.33. The zero-order valence-electron chi connectivity index (χ0n) is 21.3. The zero-order chi connectivity index (χ0) is 29.1. The highest BCUT2D eigenvalue weighted by molar-refractivity contribution is 6.05. The van der Waals surface area contributed by atoms with Crippen LogP contribution in [0.1, 0.15) is 57.3 Å². The lowest BCUT2D eigenvalue weighted by Crippen LogP contribution is -2.32. The first-order chi connectivity index (χ1) is 18.9. The summed E-state index contributed by atoms with van der Waals surface area (Å²) in [6.45, 7) is 1.56. The molecule has 0 unspecified atom stereocenters. The van der Waals surface area contributed by atoms with Crippen LogP contribution in [-0.4, -0.2) is 41.4 Å². The molecule has 1 aliphatic heterocycles. The van der Waals surface area contributed by atoms with Crippen LogP contribution in [0.4, 0.5) is 26.3 Å². The Morgan fingerprint density at radius 1 is 1.00 bits per heavy atom. The van der Waals surface area contributed by atoms with E-state index >= 15 is 0 Å². The molecule has 1 N–H and O–H groups in total. The van der Waals surface area contributed by atoms with Crippen molar-refractivity contribution in [2.24, 2.45) is 0 Å². The summed E-state index contributed by atoms with van der Waals surface area (Å²) < 4.78 is 86.0.